The minimum absolute atomic E-state index is 0.0584. The van der Waals surface area contributed by atoms with E-state index in [-0.39, 0.29) is 53.0 Å². The van der Waals surface area contributed by atoms with Gasteiger partial charge in [-0.1, -0.05) is 26.3 Å². The molecule has 0 saturated heterocycles. The summed E-state index contributed by atoms with van der Waals surface area (Å²) in [7, 11) is 0. The molecule has 132 heavy (non-hydrogen) atoms. The van der Waals surface area contributed by atoms with Gasteiger partial charge in [0, 0.05) is 127 Å². The molecule has 0 atom stereocenters. The van der Waals surface area contributed by atoms with Crippen molar-refractivity contribution in [2.75, 3.05) is 29.5 Å². The molecule has 4 amide bonds. The number of aryl methyl sites for hydroxylation is 2. The number of H-pyrrole nitrogens is 2. The number of hydrogen-bond acceptors (Lipinski definition) is 29. The van der Waals surface area contributed by atoms with Crippen molar-refractivity contribution in [3.05, 3.63) is 210 Å². The van der Waals surface area contributed by atoms with E-state index in [4.69, 9.17) is 39.1 Å². The summed E-state index contributed by atoms with van der Waals surface area (Å²) in [4.78, 5) is 133. The Balaban J connectivity index is 0.000000201. The SMILES string of the molecule is C=C1N=C(N)C=CN1C(C)C.C=C1NC(=O)C(C)=CN1C(C)C.C=C1NC(=O)C(F)=CN1C(C)C.C=C1NC(=O)C=CN1C(C)C.CC(C)n1cc(C(N)=O)c2c(N)ccnc21.CC(C)n1cnc2c(=O)[nH]ccc21.CC(C)n1cnc2c(N)ccnc21.CC(C)n1cnc2c(N)nc(N)nc21.CCOc1nc(C)nc2c1ncn2C(C)C.Cc1nc2c(ncn2C(C)C)c(=O)[nH]1. The number of ether oxygens (including phenoxy) is 1. The molecule has 0 spiro atoms. The molecule has 0 aliphatic carbocycles. The number of aromatic nitrogens is 20. The second kappa shape index (κ2) is 46.0. The van der Waals surface area contributed by atoms with Gasteiger partial charge in [0.15, 0.2) is 45.0 Å². The van der Waals surface area contributed by atoms with Gasteiger partial charge < -0.3 is 112 Å². The maximum Gasteiger partial charge on any atom is 0.287 e. The molecule has 17 N–H and O–H groups in total. The van der Waals surface area contributed by atoms with Gasteiger partial charge in [0.1, 0.15) is 57.4 Å². The van der Waals surface area contributed by atoms with E-state index in [1.165, 1.54) is 6.08 Å². The molecule has 0 bridgehead atoms. The number of amides is 4. The lowest BCUT2D eigenvalue weighted by Crippen LogP contribution is -2.40. The van der Waals surface area contributed by atoms with Gasteiger partial charge in [0.05, 0.1) is 60.4 Å². The highest BCUT2D eigenvalue weighted by Gasteiger charge is 2.25. The van der Waals surface area contributed by atoms with Crippen LogP contribution in [0.1, 0.15) is 211 Å². The molecule has 4 aliphatic rings. The maximum absolute atomic E-state index is 12.7. The Morgan fingerprint density at radius 1 is 0.470 bits per heavy atom. The van der Waals surface area contributed by atoms with Crippen molar-refractivity contribution in [1.29, 1.82) is 0 Å². The molecule has 16 heterocycles. The number of carbonyl (C=O) groups is 4. The Kier molecular flexibility index (Phi) is 36.1. The lowest BCUT2D eigenvalue weighted by atomic mass is 10.2. The number of amidine groups is 1. The van der Waals surface area contributed by atoms with Crippen LogP contribution >= 0.6 is 0 Å². The van der Waals surface area contributed by atoms with Gasteiger partial charge in [0.25, 0.3) is 34.7 Å². The average molecular weight is 1820 g/mol. The largest absolute Gasteiger partial charge is 0.476 e. The normalized spacial score (nSPS) is 13.6. The number of aliphatic imine (C=N–C) groups is 1. The van der Waals surface area contributed by atoms with E-state index in [1.54, 1.807) is 99.6 Å². The molecule has 12 aromatic heterocycles. The molecule has 0 radical (unpaired) electrons. The molecule has 12 aromatic rings. The number of rotatable bonds is 13. The van der Waals surface area contributed by atoms with Crippen molar-refractivity contribution in [3.63, 3.8) is 0 Å². The first-order valence-electron chi connectivity index (χ1n) is 42.8. The molecule has 706 valence electrons. The van der Waals surface area contributed by atoms with Crippen LogP contribution in [0.5, 0.6) is 5.88 Å². The first kappa shape index (κ1) is 104. The predicted molar refractivity (Wildman–Crippen MR) is 517 cm³/mol. The molecule has 41 nitrogen and oxygen atoms in total. The third-order valence-electron chi connectivity index (χ3n) is 19.6. The number of imidazole rings is 5. The van der Waals surface area contributed by atoms with Gasteiger partial charge in [-0.2, -0.15) is 19.3 Å². The van der Waals surface area contributed by atoms with Crippen LogP contribution in [-0.4, -0.2) is 177 Å². The van der Waals surface area contributed by atoms with Crippen molar-refractivity contribution in [3.8, 4) is 5.88 Å². The molecular formula is C90H127FN34O7. The Morgan fingerprint density at radius 3 is 1.47 bits per heavy atom. The highest BCUT2D eigenvalue weighted by atomic mass is 19.1. The van der Waals surface area contributed by atoms with Gasteiger partial charge in [-0.3, -0.25) is 28.8 Å². The summed E-state index contributed by atoms with van der Waals surface area (Å²) >= 11 is 0. The maximum atomic E-state index is 12.7. The number of anilines is 4. The van der Waals surface area contributed by atoms with Gasteiger partial charge >= 0.3 is 0 Å². The molecule has 4 aliphatic heterocycles. The van der Waals surface area contributed by atoms with E-state index in [1.807, 2.05) is 158 Å². The number of halogens is 1. The third kappa shape index (κ3) is 26.4. The van der Waals surface area contributed by atoms with Crippen molar-refractivity contribution >= 4 is 119 Å². The van der Waals surface area contributed by atoms with E-state index in [0.29, 0.717) is 151 Å². The molecule has 16 rings (SSSR count). The summed E-state index contributed by atoms with van der Waals surface area (Å²) in [6, 6.07) is 8.17. The van der Waals surface area contributed by atoms with Crippen LogP contribution < -0.4 is 66.2 Å². The Hall–Kier alpha value is -15.4. The van der Waals surface area contributed by atoms with Gasteiger partial charge in [0.2, 0.25) is 17.7 Å². The first-order chi connectivity index (χ1) is 62.0. The van der Waals surface area contributed by atoms with Gasteiger partial charge in [-0.15, -0.1) is 0 Å². The first-order valence-corrected chi connectivity index (χ1v) is 42.8. The standard InChI is InChI=1S/C11H16N4O.C11H14N4O.C9H12N4O.C9H12N4.C9H11N3O.C9H14N2O.C8H11FN2O.C8H12N6.C8H13N3.C8H12N2O/c1-5-16-11-9-10(13-8(4)14-11)15(6-12-9)7(2)3;1-6(2)15-5-7(10(13)16)9-8(12)3-4-14-11(9)15;1-5(2)13-4-10-7-8(13)11-6(3)12-9(7)14;1-6(2)13-5-12-8-7(10)3-4-11-9(8)13;1-6(2)12-5-11-8-7(12)3-4-10-9(8)13;1-6(2)11-5-7(3)9(12)10-8(11)4;1-5(2)11-4-7(9)8(12)10-6(11)3;1-4(2)14-3-11-5-6(9)12-8(10)13-7(5)14;1-6(2)11-5-4-8(9)10-7(11)3;1-6(2)10-5-4-8(11)9-7(10)3/h6-7H,5H2,1-4H3;3-6H,1-2H3,(H2,12,14)(H2,13,16);4-5H,1-3H3,(H,11,12,14);3-6H,1-2H3,(H2,10,11);3-6H,1-2H3,(H,10,13);5-6H,4H2,1-3H3,(H,10,12);4-5H,3H2,1-2H3,(H,10,12);3-4H,1-2H3,(H4,9,10,12,13);4-6H,3H2,1-2H3,(H2,9,10);4-6H,3H2,1-2H3,(H,9,11). The molecular weight excluding hydrogens is 1690 g/mol. The molecule has 0 saturated carbocycles. The lowest BCUT2D eigenvalue weighted by Gasteiger charge is -2.31. The van der Waals surface area contributed by atoms with Crippen LogP contribution in [0, 0.1) is 13.8 Å². The number of aromatic amines is 2. The summed E-state index contributed by atoms with van der Waals surface area (Å²) in [5, 5.41) is 8.25. The minimum atomic E-state index is -0.781. The summed E-state index contributed by atoms with van der Waals surface area (Å²) in [5.74, 6) is 3.19. The van der Waals surface area contributed by atoms with E-state index in [2.05, 4.69) is 172 Å². The molecule has 0 aromatic carbocycles. The molecule has 42 heteroatoms. The quantitative estimate of drug-likeness (QED) is 0.0511. The number of carbonyl (C=O) groups excluding carboxylic acids is 4. The lowest BCUT2D eigenvalue weighted by molar-refractivity contribution is -0.119. The Labute approximate surface area is 765 Å². The second-order valence-corrected chi connectivity index (χ2v) is 33.1. The number of fused-ring (bicyclic) bond motifs is 6. The Morgan fingerprint density at radius 2 is 0.939 bits per heavy atom. The number of nitrogens with one attached hydrogen (secondary N) is 5. The zero-order valence-electron chi connectivity index (χ0n) is 79.7. The number of nitrogen functional groups attached to an aromatic ring is 4. The van der Waals surface area contributed by atoms with Crippen molar-refractivity contribution in [2.45, 2.75) is 227 Å². The number of nitrogens with zero attached hydrogens (tertiary/aromatic N) is 23. The van der Waals surface area contributed by atoms with Crippen molar-refractivity contribution in [2.24, 2.45) is 16.5 Å². The molecule has 0 unspecified atom stereocenters. The minimum Gasteiger partial charge on any atom is -0.476 e. The van der Waals surface area contributed by atoms with Crippen LogP contribution in [0.2, 0.25) is 0 Å². The summed E-state index contributed by atoms with van der Waals surface area (Å²) in [6.45, 7) is 63.5. The van der Waals surface area contributed by atoms with Crippen LogP contribution in [0.3, 0.4) is 0 Å². The zero-order valence-corrected chi connectivity index (χ0v) is 79.7. The fraction of sp³-hybridized carbons (Fsp3) is 0.389. The smallest absolute Gasteiger partial charge is 0.287 e. The average Bonchev–Trinajstić information content (AvgIpc) is 1.62. The number of hydrogen-bond donors (Lipinski definition) is 11. The van der Waals surface area contributed by atoms with Crippen LogP contribution in [-0.2, 0) is 14.4 Å². The summed E-state index contributed by atoms with van der Waals surface area (Å²) < 4.78 is 29.9. The number of nitrogens with two attached hydrogens (primary N) is 6. The topological polar surface area (TPSA) is 545 Å². The van der Waals surface area contributed by atoms with Crippen LogP contribution in [0.15, 0.2) is 187 Å². The second-order valence-electron chi connectivity index (χ2n) is 33.1. The monoisotopic (exact) mass is 1820 g/mol. The zero-order chi connectivity index (χ0) is 98.5. The number of primary amides is 1. The van der Waals surface area contributed by atoms with Crippen molar-refractivity contribution < 1.29 is 28.3 Å². The van der Waals surface area contributed by atoms with E-state index in [9.17, 15) is 33.2 Å². The highest BCUT2D eigenvalue weighted by Crippen LogP contribution is 2.29. The van der Waals surface area contributed by atoms with Gasteiger partial charge in [-0.25, -0.2) is 49.8 Å². The summed E-state index contributed by atoms with van der Waals surface area (Å²) in [5.41, 5.74) is 43.3. The third-order valence-corrected chi connectivity index (χ3v) is 19.6. The highest BCUT2D eigenvalue weighted by molar-refractivity contribution is 6.09. The summed E-state index contributed by atoms with van der Waals surface area (Å²) in [6.07, 6.45) is 25.2. The van der Waals surface area contributed by atoms with E-state index in [0.717, 1.165) is 39.6 Å². The van der Waals surface area contributed by atoms with E-state index >= 15 is 0 Å². The fourth-order valence-electron chi connectivity index (χ4n) is 12.9. The van der Waals surface area contributed by atoms with Crippen molar-refractivity contribution in [1.82, 2.24) is 133 Å². The molecule has 0 fully saturated rings. The van der Waals surface area contributed by atoms with Crippen LogP contribution in [0.4, 0.5) is 27.5 Å². The van der Waals surface area contributed by atoms with Gasteiger partial charge in [-0.05, 0) is 190 Å². The number of pyridine rings is 3. The Bertz CT molecular complexity index is 6380. The predicted octanol–water partition coefficient (Wildman–Crippen LogP) is 12.1. The van der Waals surface area contributed by atoms with E-state index < -0.39 is 17.6 Å². The fourth-order valence-corrected chi connectivity index (χ4v) is 12.9. The van der Waals surface area contributed by atoms with Crippen LogP contribution in [0.25, 0.3) is 66.7 Å².